The topological polar surface area (TPSA) is 50.4 Å². The highest BCUT2D eigenvalue weighted by Crippen LogP contribution is 2.06. The fourth-order valence-corrected chi connectivity index (χ4v) is 1.96. The largest absolute Gasteiger partial charge is 0.385 e. The lowest BCUT2D eigenvalue weighted by molar-refractivity contribution is -0.123. The molecule has 94 valence electrons. The fourth-order valence-electron chi connectivity index (χ4n) is 1.96. The van der Waals surface area contributed by atoms with E-state index in [9.17, 15) is 4.79 Å². The highest BCUT2D eigenvalue weighted by atomic mass is 16.5. The monoisotopic (exact) mass is 228 g/mol. The highest BCUT2D eigenvalue weighted by Gasteiger charge is 2.19. The first-order chi connectivity index (χ1) is 7.84. The molecule has 1 rings (SSSR count). The first kappa shape index (κ1) is 13.5. The molecule has 0 bridgehead atoms. The number of ether oxygens (including phenoxy) is 1. The van der Waals surface area contributed by atoms with Gasteiger partial charge in [0.25, 0.3) is 0 Å². The number of methoxy groups -OCH3 is 1. The average Bonchev–Trinajstić information content (AvgIpc) is 2.34. The van der Waals surface area contributed by atoms with E-state index in [1.807, 2.05) is 0 Å². The minimum Gasteiger partial charge on any atom is -0.385 e. The van der Waals surface area contributed by atoms with Crippen LogP contribution in [-0.4, -0.2) is 38.8 Å². The van der Waals surface area contributed by atoms with Crippen molar-refractivity contribution in [2.75, 3.05) is 26.8 Å². The summed E-state index contributed by atoms with van der Waals surface area (Å²) in [5, 5.41) is 6.24. The van der Waals surface area contributed by atoms with Gasteiger partial charge in [0.15, 0.2) is 0 Å². The van der Waals surface area contributed by atoms with Crippen LogP contribution in [0.4, 0.5) is 0 Å². The Morgan fingerprint density at radius 3 is 2.94 bits per heavy atom. The quantitative estimate of drug-likeness (QED) is 0.641. The van der Waals surface area contributed by atoms with Gasteiger partial charge in [-0.25, -0.2) is 0 Å². The summed E-state index contributed by atoms with van der Waals surface area (Å²) in [4.78, 5) is 11.7. The van der Waals surface area contributed by atoms with Crippen molar-refractivity contribution in [3.63, 3.8) is 0 Å². The molecule has 1 fully saturated rings. The van der Waals surface area contributed by atoms with Crippen molar-refractivity contribution in [2.45, 2.75) is 44.6 Å². The predicted molar refractivity (Wildman–Crippen MR) is 64.4 cm³/mol. The molecule has 16 heavy (non-hydrogen) atoms. The first-order valence-electron chi connectivity index (χ1n) is 6.34. The van der Waals surface area contributed by atoms with Crippen LogP contribution < -0.4 is 10.6 Å². The van der Waals surface area contributed by atoms with Crippen molar-refractivity contribution < 1.29 is 9.53 Å². The fraction of sp³-hybridized carbons (Fsp3) is 0.917. The average molecular weight is 228 g/mol. The van der Waals surface area contributed by atoms with Gasteiger partial charge in [0.1, 0.15) is 0 Å². The molecule has 0 aliphatic carbocycles. The SMILES string of the molecule is COCCCCCNC(=O)[C@H]1CCCCN1. The molecule has 0 aromatic carbocycles. The van der Waals surface area contributed by atoms with E-state index in [4.69, 9.17) is 4.74 Å². The number of amides is 1. The Labute approximate surface area is 98.1 Å². The molecule has 0 saturated carbocycles. The minimum atomic E-state index is 0.0488. The lowest BCUT2D eigenvalue weighted by atomic mass is 10.0. The lowest BCUT2D eigenvalue weighted by Gasteiger charge is -2.22. The van der Waals surface area contributed by atoms with Gasteiger partial charge in [0.05, 0.1) is 6.04 Å². The Bertz CT molecular complexity index is 191. The zero-order valence-electron chi connectivity index (χ0n) is 10.3. The van der Waals surface area contributed by atoms with Gasteiger partial charge >= 0.3 is 0 Å². The summed E-state index contributed by atoms with van der Waals surface area (Å²) < 4.78 is 4.97. The van der Waals surface area contributed by atoms with Gasteiger partial charge in [0.2, 0.25) is 5.91 Å². The Kier molecular flexibility index (Phi) is 7.17. The molecule has 1 heterocycles. The molecule has 1 saturated heterocycles. The highest BCUT2D eigenvalue weighted by molar-refractivity contribution is 5.81. The van der Waals surface area contributed by atoms with Gasteiger partial charge in [-0.15, -0.1) is 0 Å². The minimum absolute atomic E-state index is 0.0488. The Morgan fingerprint density at radius 2 is 2.25 bits per heavy atom. The third-order valence-corrected chi connectivity index (χ3v) is 2.95. The number of carbonyl (C=O) groups excluding carboxylic acids is 1. The van der Waals surface area contributed by atoms with E-state index in [2.05, 4.69) is 10.6 Å². The van der Waals surface area contributed by atoms with Crippen LogP contribution in [-0.2, 0) is 9.53 Å². The Balaban J connectivity index is 1.97. The van der Waals surface area contributed by atoms with Crippen molar-refractivity contribution in [2.24, 2.45) is 0 Å². The second-order valence-corrected chi connectivity index (χ2v) is 4.35. The zero-order valence-corrected chi connectivity index (χ0v) is 10.3. The summed E-state index contributed by atoms with van der Waals surface area (Å²) >= 11 is 0. The van der Waals surface area contributed by atoms with E-state index in [0.717, 1.165) is 45.4 Å². The smallest absolute Gasteiger partial charge is 0.237 e. The Hall–Kier alpha value is -0.610. The third kappa shape index (κ3) is 5.47. The number of hydrogen-bond acceptors (Lipinski definition) is 3. The predicted octanol–water partition coefficient (Wildman–Crippen LogP) is 1.06. The molecule has 0 aromatic heterocycles. The van der Waals surface area contributed by atoms with Gasteiger partial charge in [-0.1, -0.05) is 6.42 Å². The van der Waals surface area contributed by atoms with E-state index in [0.29, 0.717) is 0 Å². The summed E-state index contributed by atoms with van der Waals surface area (Å²) in [7, 11) is 1.72. The van der Waals surface area contributed by atoms with E-state index in [-0.39, 0.29) is 11.9 Å². The molecule has 0 spiro atoms. The van der Waals surface area contributed by atoms with E-state index < -0.39 is 0 Å². The maximum atomic E-state index is 11.7. The van der Waals surface area contributed by atoms with Crippen molar-refractivity contribution in [1.29, 1.82) is 0 Å². The first-order valence-corrected chi connectivity index (χ1v) is 6.34. The number of unbranched alkanes of at least 4 members (excludes halogenated alkanes) is 2. The second kappa shape index (κ2) is 8.53. The van der Waals surface area contributed by atoms with E-state index in [1.54, 1.807) is 7.11 Å². The van der Waals surface area contributed by atoms with Crippen molar-refractivity contribution in [1.82, 2.24) is 10.6 Å². The summed E-state index contributed by atoms with van der Waals surface area (Å²) in [6.45, 7) is 2.59. The summed E-state index contributed by atoms with van der Waals surface area (Å²) in [6.07, 6.45) is 6.58. The van der Waals surface area contributed by atoms with Gasteiger partial charge in [-0.3, -0.25) is 4.79 Å². The molecule has 1 atom stereocenters. The van der Waals surface area contributed by atoms with Crippen LogP contribution in [0.3, 0.4) is 0 Å². The number of hydrogen-bond donors (Lipinski definition) is 2. The van der Waals surface area contributed by atoms with Gasteiger partial charge in [-0.2, -0.15) is 0 Å². The second-order valence-electron chi connectivity index (χ2n) is 4.35. The van der Waals surface area contributed by atoms with E-state index >= 15 is 0 Å². The van der Waals surface area contributed by atoms with Crippen molar-refractivity contribution in [3.8, 4) is 0 Å². The summed E-state index contributed by atoms with van der Waals surface area (Å²) in [6, 6.07) is 0.0488. The number of piperidine rings is 1. The van der Waals surface area contributed by atoms with Crippen LogP contribution >= 0.6 is 0 Å². The number of rotatable bonds is 7. The molecule has 1 aliphatic rings. The van der Waals surface area contributed by atoms with Crippen LogP contribution in [0.2, 0.25) is 0 Å². The number of carbonyl (C=O) groups is 1. The molecular formula is C12H24N2O2. The maximum absolute atomic E-state index is 11.7. The molecule has 4 heteroatoms. The van der Waals surface area contributed by atoms with Crippen LogP contribution in [0.15, 0.2) is 0 Å². The zero-order chi connectivity index (χ0) is 11.6. The molecule has 1 aliphatic heterocycles. The van der Waals surface area contributed by atoms with Crippen LogP contribution in [0, 0.1) is 0 Å². The van der Waals surface area contributed by atoms with Gasteiger partial charge in [0, 0.05) is 20.3 Å². The van der Waals surface area contributed by atoms with Crippen LogP contribution in [0.5, 0.6) is 0 Å². The molecule has 2 N–H and O–H groups in total. The molecular weight excluding hydrogens is 204 g/mol. The van der Waals surface area contributed by atoms with Crippen LogP contribution in [0.1, 0.15) is 38.5 Å². The Morgan fingerprint density at radius 1 is 1.38 bits per heavy atom. The van der Waals surface area contributed by atoms with Crippen LogP contribution in [0.25, 0.3) is 0 Å². The van der Waals surface area contributed by atoms with Crippen molar-refractivity contribution in [3.05, 3.63) is 0 Å². The number of nitrogens with one attached hydrogen (secondary N) is 2. The maximum Gasteiger partial charge on any atom is 0.237 e. The molecule has 1 amide bonds. The lowest BCUT2D eigenvalue weighted by Crippen LogP contribution is -2.46. The molecule has 0 aromatic rings. The standard InChI is InChI=1S/C12H24N2O2/c1-16-10-6-2-4-9-14-12(15)11-7-3-5-8-13-11/h11,13H,2-10H2,1H3,(H,14,15)/t11-/m1/s1. The van der Waals surface area contributed by atoms with Crippen molar-refractivity contribution >= 4 is 5.91 Å². The molecule has 4 nitrogen and oxygen atoms in total. The normalized spacial score (nSPS) is 20.7. The van der Waals surface area contributed by atoms with Gasteiger partial charge in [-0.05, 0) is 38.6 Å². The summed E-state index contributed by atoms with van der Waals surface area (Å²) in [5.74, 6) is 0.173. The third-order valence-electron chi connectivity index (χ3n) is 2.95. The molecule has 0 unspecified atom stereocenters. The van der Waals surface area contributed by atoms with Gasteiger partial charge < -0.3 is 15.4 Å². The van der Waals surface area contributed by atoms with E-state index in [1.165, 1.54) is 12.8 Å². The summed E-state index contributed by atoms with van der Waals surface area (Å²) in [5.41, 5.74) is 0. The molecule has 0 radical (unpaired) electrons.